The highest BCUT2D eigenvalue weighted by Crippen LogP contribution is 2.33. The van der Waals surface area contributed by atoms with Crippen LogP contribution in [0.4, 0.5) is 17.6 Å². The molecule has 0 aromatic heterocycles. The van der Waals surface area contributed by atoms with E-state index >= 15 is 0 Å². The van der Waals surface area contributed by atoms with Crippen LogP contribution < -0.4 is 0 Å². The second-order valence-electron chi connectivity index (χ2n) is 6.51. The number of carbonyl (C=O) groups excluding carboxylic acids is 2. The van der Waals surface area contributed by atoms with E-state index in [1.54, 1.807) is 12.1 Å². The number of halogens is 4. The second-order valence-corrected chi connectivity index (χ2v) is 6.51. The number of ketones is 1. The second kappa shape index (κ2) is 7.50. The molecule has 0 unspecified atom stereocenters. The first-order valence-electron chi connectivity index (χ1n) is 8.52. The van der Waals surface area contributed by atoms with Crippen molar-refractivity contribution in [3.63, 3.8) is 0 Å². The van der Waals surface area contributed by atoms with Crippen molar-refractivity contribution in [1.29, 1.82) is 0 Å². The number of carbonyl (C=O) groups is 2. The van der Waals surface area contributed by atoms with Gasteiger partial charge in [-0.1, -0.05) is 18.2 Å². The fourth-order valence-electron chi connectivity index (χ4n) is 3.22. The van der Waals surface area contributed by atoms with E-state index in [4.69, 9.17) is 0 Å². The zero-order valence-corrected chi connectivity index (χ0v) is 14.3. The fourth-order valence-corrected chi connectivity index (χ4v) is 3.22. The Balaban J connectivity index is 1.88. The van der Waals surface area contributed by atoms with Crippen LogP contribution in [0.1, 0.15) is 39.1 Å². The predicted octanol–water partition coefficient (Wildman–Crippen LogP) is 4.47. The van der Waals surface area contributed by atoms with Crippen molar-refractivity contribution in [3.05, 3.63) is 71.0 Å². The van der Waals surface area contributed by atoms with E-state index in [9.17, 15) is 27.2 Å². The number of piperidine rings is 1. The average Bonchev–Trinajstić information content (AvgIpc) is 2.67. The molecule has 1 saturated heterocycles. The molecule has 0 aliphatic carbocycles. The van der Waals surface area contributed by atoms with Crippen LogP contribution in [0.15, 0.2) is 48.5 Å². The molecule has 1 aliphatic heterocycles. The van der Waals surface area contributed by atoms with E-state index in [1.165, 1.54) is 24.3 Å². The maximum Gasteiger partial charge on any atom is 0.393 e. The Morgan fingerprint density at radius 1 is 0.963 bits per heavy atom. The van der Waals surface area contributed by atoms with Gasteiger partial charge >= 0.3 is 6.18 Å². The van der Waals surface area contributed by atoms with Gasteiger partial charge in [0.1, 0.15) is 5.82 Å². The third kappa shape index (κ3) is 4.18. The number of alkyl halides is 3. The lowest BCUT2D eigenvalue weighted by molar-refractivity contribution is -0.184. The van der Waals surface area contributed by atoms with Crippen LogP contribution in [0.3, 0.4) is 0 Å². The van der Waals surface area contributed by atoms with Crippen molar-refractivity contribution >= 4 is 11.7 Å². The van der Waals surface area contributed by atoms with E-state index in [-0.39, 0.29) is 36.1 Å². The number of hydrogen-bond acceptors (Lipinski definition) is 2. The van der Waals surface area contributed by atoms with Crippen LogP contribution in [0.2, 0.25) is 0 Å². The molecule has 2 aromatic carbocycles. The highest BCUT2D eigenvalue weighted by molar-refractivity contribution is 6.15. The van der Waals surface area contributed by atoms with Gasteiger partial charge in [-0.3, -0.25) is 9.59 Å². The fraction of sp³-hybridized carbons (Fsp3) is 0.300. The van der Waals surface area contributed by atoms with Gasteiger partial charge in [-0.25, -0.2) is 4.39 Å². The van der Waals surface area contributed by atoms with Gasteiger partial charge in [0.15, 0.2) is 5.78 Å². The molecule has 0 N–H and O–H groups in total. The minimum atomic E-state index is -4.36. The van der Waals surface area contributed by atoms with E-state index in [0.717, 1.165) is 17.0 Å². The Bertz CT molecular complexity index is 846. The van der Waals surface area contributed by atoms with E-state index < -0.39 is 36.1 Å². The summed E-state index contributed by atoms with van der Waals surface area (Å²) in [4.78, 5) is 26.7. The third-order valence-corrected chi connectivity index (χ3v) is 4.68. The summed E-state index contributed by atoms with van der Waals surface area (Å²) in [6.07, 6.45) is -4.12. The van der Waals surface area contributed by atoms with Crippen LogP contribution in [0, 0.1) is 11.7 Å². The SMILES string of the molecule is O=C(c1ccc(F)cc1)c1ccccc1C(=O)N1CCC[C@H](C(F)(F)F)C1. The highest BCUT2D eigenvalue weighted by atomic mass is 19.4. The monoisotopic (exact) mass is 379 g/mol. The van der Waals surface area contributed by atoms with Gasteiger partial charge < -0.3 is 4.90 Å². The Hall–Kier alpha value is -2.70. The summed E-state index contributed by atoms with van der Waals surface area (Å²) in [5.41, 5.74) is 0.335. The molecule has 1 heterocycles. The van der Waals surface area contributed by atoms with Crippen LogP contribution in [-0.4, -0.2) is 35.9 Å². The molecule has 7 heteroatoms. The van der Waals surface area contributed by atoms with E-state index in [0.29, 0.717) is 0 Å². The summed E-state index contributed by atoms with van der Waals surface area (Å²) >= 11 is 0. The lowest BCUT2D eigenvalue weighted by atomic mass is 9.94. The van der Waals surface area contributed by atoms with Crippen molar-refractivity contribution in [2.24, 2.45) is 5.92 Å². The molecule has 1 amide bonds. The Morgan fingerprint density at radius 2 is 1.59 bits per heavy atom. The molecule has 1 atom stereocenters. The number of amides is 1. The number of hydrogen-bond donors (Lipinski definition) is 0. The highest BCUT2D eigenvalue weighted by Gasteiger charge is 2.43. The van der Waals surface area contributed by atoms with Gasteiger partial charge in [-0.15, -0.1) is 0 Å². The number of likely N-dealkylation sites (tertiary alicyclic amines) is 1. The van der Waals surface area contributed by atoms with Crippen molar-refractivity contribution in [2.75, 3.05) is 13.1 Å². The number of benzene rings is 2. The zero-order chi connectivity index (χ0) is 19.6. The summed E-state index contributed by atoms with van der Waals surface area (Å²) in [5, 5.41) is 0. The molecule has 27 heavy (non-hydrogen) atoms. The van der Waals surface area contributed by atoms with Gasteiger partial charge in [0.2, 0.25) is 0 Å². The first-order valence-corrected chi connectivity index (χ1v) is 8.52. The van der Waals surface area contributed by atoms with Crippen LogP contribution >= 0.6 is 0 Å². The molecule has 1 aliphatic rings. The Morgan fingerprint density at radius 3 is 2.22 bits per heavy atom. The van der Waals surface area contributed by atoms with Gasteiger partial charge in [-0.05, 0) is 43.2 Å². The predicted molar refractivity (Wildman–Crippen MR) is 91.0 cm³/mol. The topological polar surface area (TPSA) is 37.4 Å². The molecule has 142 valence electrons. The average molecular weight is 379 g/mol. The maximum absolute atomic E-state index is 13.1. The minimum absolute atomic E-state index is 0.0105. The molecule has 0 radical (unpaired) electrons. The summed E-state index contributed by atoms with van der Waals surface area (Å²) in [6, 6.07) is 10.9. The summed E-state index contributed by atoms with van der Waals surface area (Å²) in [5.74, 6) is -3.14. The van der Waals surface area contributed by atoms with Gasteiger partial charge in [0.05, 0.1) is 11.5 Å². The van der Waals surface area contributed by atoms with Crippen LogP contribution in [-0.2, 0) is 0 Å². The maximum atomic E-state index is 13.1. The van der Waals surface area contributed by atoms with Crippen LogP contribution in [0.5, 0.6) is 0 Å². The van der Waals surface area contributed by atoms with Gasteiger partial charge in [-0.2, -0.15) is 13.2 Å². The molecule has 1 fully saturated rings. The molecule has 2 aromatic rings. The van der Waals surface area contributed by atoms with Gasteiger partial charge in [0.25, 0.3) is 5.91 Å². The summed E-state index contributed by atoms with van der Waals surface area (Å²) < 4.78 is 52.1. The standard InChI is InChI=1S/C20H17F4NO2/c21-15-9-7-13(8-10-15)18(26)16-5-1-2-6-17(16)19(27)25-11-3-4-14(12-25)20(22,23)24/h1-2,5-10,14H,3-4,11-12H2/t14-/m0/s1. The minimum Gasteiger partial charge on any atom is -0.338 e. The lowest BCUT2D eigenvalue weighted by Gasteiger charge is -2.34. The molecule has 3 nitrogen and oxygen atoms in total. The van der Waals surface area contributed by atoms with Gasteiger partial charge in [0, 0.05) is 24.2 Å². The van der Waals surface area contributed by atoms with Crippen molar-refractivity contribution in [1.82, 2.24) is 4.90 Å². The Kier molecular flexibility index (Phi) is 5.30. The number of rotatable bonds is 3. The van der Waals surface area contributed by atoms with Crippen LogP contribution in [0.25, 0.3) is 0 Å². The molecule has 0 spiro atoms. The smallest absolute Gasteiger partial charge is 0.338 e. The number of nitrogens with zero attached hydrogens (tertiary/aromatic N) is 1. The van der Waals surface area contributed by atoms with E-state index in [1.807, 2.05) is 0 Å². The molecule has 0 bridgehead atoms. The molecule has 3 rings (SSSR count). The molecular weight excluding hydrogens is 362 g/mol. The third-order valence-electron chi connectivity index (χ3n) is 4.68. The quantitative estimate of drug-likeness (QED) is 0.583. The summed E-state index contributed by atoms with van der Waals surface area (Å²) in [7, 11) is 0. The lowest BCUT2D eigenvalue weighted by Crippen LogP contribution is -2.44. The largest absolute Gasteiger partial charge is 0.393 e. The zero-order valence-electron chi connectivity index (χ0n) is 14.3. The van der Waals surface area contributed by atoms with Crippen molar-refractivity contribution < 1.29 is 27.2 Å². The van der Waals surface area contributed by atoms with Crippen molar-refractivity contribution in [3.8, 4) is 0 Å². The normalized spacial score (nSPS) is 17.6. The Labute approximate surface area is 153 Å². The summed E-state index contributed by atoms with van der Waals surface area (Å²) in [6.45, 7) is -0.202. The first-order chi connectivity index (χ1) is 12.8. The first kappa shape index (κ1) is 19.1. The molecular formula is C20H17F4NO2. The van der Waals surface area contributed by atoms with E-state index in [2.05, 4.69) is 0 Å². The van der Waals surface area contributed by atoms with Crippen molar-refractivity contribution in [2.45, 2.75) is 19.0 Å². The molecule has 0 saturated carbocycles.